The normalized spacial score (nSPS) is 12.7. The minimum Gasteiger partial charge on any atom is -0.310 e. The summed E-state index contributed by atoms with van der Waals surface area (Å²) >= 11 is 3.55. The van der Waals surface area contributed by atoms with Crippen LogP contribution in [0.3, 0.4) is 0 Å². The summed E-state index contributed by atoms with van der Waals surface area (Å²) in [5.74, 6) is 0. The van der Waals surface area contributed by atoms with Gasteiger partial charge in [-0.15, -0.1) is 0 Å². The van der Waals surface area contributed by atoms with Crippen molar-refractivity contribution in [1.82, 2.24) is 15.1 Å². The van der Waals surface area contributed by atoms with Crippen LogP contribution >= 0.6 is 15.9 Å². The van der Waals surface area contributed by atoms with Gasteiger partial charge >= 0.3 is 0 Å². The molecule has 0 fully saturated rings. The molecule has 0 radical (unpaired) electrons. The van der Waals surface area contributed by atoms with Crippen molar-refractivity contribution in [3.8, 4) is 5.69 Å². The molecule has 0 aliphatic rings. The lowest BCUT2D eigenvalue weighted by molar-refractivity contribution is 0.592. The second kappa shape index (κ2) is 5.88. The summed E-state index contributed by atoms with van der Waals surface area (Å²) in [6, 6.07) is 8.77. The first-order valence-electron chi connectivity index (χ1n) is 6.59. The van der Waals surface area contributed by atoms with Crippen LogP contribution in [0.5, 0.6) is 0 Å². The van der Waals surface area contributed by atoms with Crippen molar-refractivity contribution >= 4 is 15.9 Å². The molecular formula is C15H20BrN3. The van der Waals surface area contributed by atoms with Crippen molar-refractivity contribution in [1.29, 1.82) is 0 Å². The van der Waals surface area contributed by atoms with E-state index in [2.05, 4.69) is 71.4 Å². The lowest BCUT2D eigenvalue weighted by atomic mass is 10.1. The number of halogens is 1. The van der Waals surface area contributed by atoms with Gasteiger partial charge < -0.3 is 5.32 Å². The van der Waals surface area contributed by atoms with Gasteiger partial charge in [-0.3, -0.25) is 0 Å². The number of hydrogen-bond acceptors (Lipinski definition) is 2. The van der Waals surface area contributed by atoms with E-state index in [4.69, 9.17) is 0 Å². The zero-order chi connectivity index (χ0) is 14.0. The summed E-state index contributed by atoms with van der Waals surface area (Å²) in [5, 5.41) is 8.05. The number of nitrogens with one attached hydrogen (secondary N) is 1. The number of hydrogen-bond donors (Lipinski definition) is 1. The zero-order valence-electron chi connectivity index (χ0n) is 11.9. The van der Waals surface area contributed by atoms with Crippen molar-refractivity contribution in [2.75, 3.05) is 6.54 Å². The van der Waals surface area contributed by atoms with E-state index in [9.17, 15) is 0 Å². The van der Waals surface area contributed by atoms with Crippen LogP contribution in [-0.4, -0.2) is 16.3 Å². The van der Waals surface area contributed by atoms with E-state index < -0.39 is 0 Å². The molecule has 0 saturated carbocycles. The monoisotopic (exact) mass is 321 g/mol. The number of nitrogens with zero attached hydrogens (tertiary/aromatic N) is 2. The van der Waals surface area contributed by atoms with Gasteiger partial charge in [-0.2, -0.15) is 5.10 Å². The van der Waals surface area contributed by atoms with Gasteiger partial charge in [0, 0.05) is 16.2 Å². The minimum absolute atomic E-state index is 0.303. The van der Waals surface area contributed by atoms with Crippen LogP contribution in [0.2, 0.25) is 0 Å². The second-order valence-corrected chi connectivity index (χ2v) is 5.74. The highest BCUT2D eigenvalue weighted by atomic mass is 79.9. The highest BCUT2D eigenvalue weighted by Gasteiger charge is 2.14. The molecule has 1 unspecified atom stereocenters. The van der Waals surface area contributed by atoms with E-state index in [0.717, 1.165) is 28.1 Å². The third-order valence-corrected chi connectivity index (χ3v) is 3.70. The van der Waals surface area contributed by atoms with Crippen molar-refractivity contribution in [3.63, 3.8) is 0 Å². The van der Waals surface area contributed by atoms with Crippen LogP contribution in [0.15, 0.2) is 28.7 Å². The Bertz CT molecular complexity index is 575. The van der Waals surface area contributed by atoms with Crippen molar-refractivity contribution in [3.05, 3.63) is 45.7 Å². The van der Waals surface area contributed by atoms with Crippen LogP contribution in [0.4, 0.5) is 0 Å². The van der Waals surface area contributed by atoms with E-state index in [1.165, 1.54) is 5.56 Å². The summed E-state index contributed by atoms with van der Waals surface area (Å²) in [7, 11) is 0. The maximum absolute atomic E-state index is 4.59. The average Bonchev–Trinajstić information content (AvgIpc) is 2.68. The van der Waals surface area contributed by atoms with Gasteiger partial charge in [-0.1, -0.05) is 28.9 Å². The molecule has 0 amide bonds. The molecule has 1 aromatic heterocycles. The lowest BCUT2D eigenvalue weighted by Gasteiger charge is -2.18. The van der Waals surface area contributed by atoms with E-state index in [1.54, 1.807) is 0 Å². The quantitative estimate of drug-likeness (QED) is 0.924. The predicted octanol–water partition coefficient (Wildman–Crippen LogP) is 3.92. The Labute approximate surface area is 123 Å². The van der Waals surface area contributed by atoms with Crippen LogP contribution in [0.1, 0.15) is 36.8 Å². The molecule has 1 N–H and O–H groups in total. The van der Waals surface area contributed by atoms with E-state index in [0.29, 0.717) is 6.04 Å². The largest absolute Gasteiger partial charge is 0.310 e. The Morgan fingerprint density at radius 1 is 1.32 bits per heavy atom. The van der Waals surface area contributed by atoms with Gasteiger partial charge in [-0.05, 0) is 51.1 Å². The smallest absolute Gasteiger partial charge is 0.0707 e. The maximum atomic E-state index is 4.59. The van der Waals surface area contributed by atoms with Crippen molar-refractivity contribution in [2.24, 2.45) is 0 Å². The van der Waals surface area contributed by atoms with E-state index >= 15 is 0 Å². The maximum Gasteiger partial charge on any atom is 0.0707 e. The first-order chi connectivity index (χ1) is 9.02. The molecule has 0 aliphatic heterocycles. The van der Waals surface area contributed by atoms with Gasteiger partial charge in [0.1, 0.15) is 0 Å². The molecule has 0 spiro atoms. The number of aromatic nitrogens is 2. The van der Waals surface area contributed by atoms with E-state index in [-0.39, 0.29) is 0 Å². The molecule has 1 atom stereocenters. The minimum atomic E-state index is 0.303. The number of benzene rings is 1. The Kier molecular flexibility index (Phi) is 4.42. The lowest BCUT2D eigenvalue weighted by Crippen LogP contribution is -2.19. The topological polar surface area (TPSA) is 29.9 Å². The fourth-order valence-corrected chi connectivity index (χ4v) is 2.70. The highest BCUT2D eigenvalue weighted by molar-refractivity contribution is 9.10. The predicted molar refractivity (Wildman–Crippen MR) is 82.8 cm³/mol. The Hall–Kier alpha value is -1.13. The fraction of sp³-hybridized carbons (Fsp3) is 0.400. The molecule has 0 aliphatic carbocycles. The van der Waals surface area contributed by atoms with Crippen molar-refractivity contribution in [2.45, 2.75) is 33.7 Å². The average molecular weight is 322 g/mol. The standard InChI is InChI=1S/C15H20BrN3/c1-5-17-12(4)14-7-6-13(16)9-15(14)19-11(3)8-10(2)18-19/h6-9,12,17H,5H2,1-4H3. The summed E-state index contributed by atoms with van der Waals surface area (Å²) in [6.45, 7) is 9.37. The van der Waals surface area contributed by atoms with Crippen LogP contribution in [0, 0.1) is 13.8 Å². The third-order valence-electron chi connectivity index (χ3n) is 3.21. The Morgan fingerprint density at radius 2 is 2.05 bits per heavy atom. The first-order valence-corrected chi connectivity index (χ1v) is 7.38. The zero-order valence-corrected chi connectivity index (χ0v) is 13.5. The molecule has 0 bridgehead atoms. The summed E-state index contributed by atoms with van der Waals surface area (Å²) in [4.78, 5) is 0. The summed E-state index contributed by atoms with van der Waals surface area (Å²) in [6.07, 6.45) is 0. The molecule has 1 aromatic carbocycles. The third kappa shape index (κ3) is 3.07. The highest BCUT2D eigenvalue weighted by Crippen LogP contribution is 2.26. The summed E-state index contributed by atoms with van der Waals surface area (Å²) < 4.78 is 3.09. The Balaban J connectivity index is 2.54. The van der Waals surface area contributed by atoms with Gasteiger partial charge in [0.15, 0.2) is 0 Å². The molecular weight excluding hydrogens is 302 g/mol. The molecule has 19 heavy (non-hydrogen) atoms. The summed E-state index contributed by atoms with van der Waals surface area (Å²) in [5.41, 5.74) is 4.59. The second-order valence-electron chi connectivity index (χ2n) is 4.82. The number of aryl methyl sites for hydroxylation is 2. The van der Waals surface area contributed by atoms with Crippen LogP contribution < -0.4 is 5.32 Å². The first kappa shape index (κ1) is 14.3. The van der Waals surface area contributed by atoms with Gasteiger partial charge in [-0.25, -0.2) is 4.68 Å². The Morgan fingerprint density at radius 3 is 2.63 bits per heavy atom. The molecule has 4 heteroatoms. The number of rotatable bonds is 4. The van der Waals surface area contributed by atoms with Crippen molar-refractivity contribution < 1.29 is 0 Å². The molecule has 1 heterocycles. The van der Waals surface area contributed by atoms with Gasteiger partial charge in [0.2, 0.25) is 0 Å². The fourth-order valence-electron chi connectivity index (χ4n) is 2.36. The SMILES string of the molecule is CCNC(C)c1ccc(Br)cc1-n1nc(C)cc1C. The molecule has 0 saturated heterocycles. The molecule has 102 valence electrons. The molecule has 2 aromatic rings. The van der Waals surface area contributed by atoms with E-state index in [1.807, 2.05) is 11.6 Å². The van der Waals surface area contributed by atoms with Gasteiger partial charge in [0.05, 0.1) is 11.4 Å². The van der Waals surface area contributed by atoms with Crippen LogP contribution in [-0.2, 0) is 0 Å². The molecule has 2 rings (SSSR count). The molecule has 3 nitrogen and oxygen atoms in total. The van der Waals surface area contributed by atoms with Crippen LogP contribution in [0.25, 0.3) is 5.69 Å². The van der Waals surface area contributed by atoms with Gasteiger partial charge in [0.25, 0.3) is 0 Å².